The van der Waals surface area contributed by atoms with E-state index >= 15 is 0 Å². The van der Waals surface area contributed by atoms with Gasteiger partial charge in [0.1, 0.15) is 5.82 Å². The lowest BCUT2D eigenvalue weighted by Gasteiger charge is -2.48. The fourth-order valence-electron chi connectivity index (χ4n) is 2.36. The average Bonchev–Trinajstić information content (AvgIpc) is 2.21. The Bertz CT molecular complexity index is 338. The second-order valence-corrected chi connectivity index (χ2v) is 4.76. The largest absolute Gasteiger partial charge is 0.329 e. The Morgan fingerprint density at radius 3 is 2.38 bits per heavy atom. The molecule has 0 aromatic heterocycles. The van der Waals surface area contributed by atoms with E-state index in [9.17, 15) is 4.39 Å². The summed E-state index contributed by atoms with van der Waals surface area (Å²) in [4.78, 5) is 2.31. The first-order valence-corrected chi connectivity index (χ1v) is 5.82. The normalized spacial score (nSPS) is 18.5. The highest BCUT2D eigenvalue weighted by molar-refractivity contribution is 5.16. The van der Waals surface area contributed by atoms with Crippen LogP contribution in [0.3, 0.4) is 0 Å². The Kier molecular flexibility index (Phi) is 3.26. The molecule has 16 heavy (non-hydrogen) atoms. The van der Waals surface area contributed by atoms with Crippen LogP contribution in [-0.2, 0) is 6.54 Å². The molecule has 0 spiro atoms. The number of hydrogen-bond acceptors (Lipinski definition) is 2. The van der Waals surface area contributed by atoms with E-state index in [0.717, 1.165) is 12.1 Å². The van der Waals surface area contributed by atoms with Gasteiger partial charge < -0.3 is 5.73 Å². The van der Waals surface area contributed by atoms with Crippen molar-refractivity contribution < 1.29 is 4.39 Å². The number of halogens is 1. The predicted molar refractivity (Wildman–Crippen MR) is 63.5 cm³/mol. The van der Waals surface area contributed by atoms with E-state index < -0.39 is 0 Å². The molecule has 0 amide bonds. The topological polar surface area (TPSA) is 29.3 Å². The van der Waals surface area contributed by atoms with Crippen LogP contribution in [0.2, 0.25) is 0 Å². The van der Waals surface area contributed by atoms with Gasteiger partial charge in [-0.15, -0.1) is 0 Å². The number of nitrogens with two attached hydrogens (primary N) is 1. The van der Waals surface area contributed by atoms with Crippen LogP contribution in [0, 0.1) is 5.82 Å². The van der Waals surface area contributed by atoms with E-state index in [1.165, 1.54) is 31.4 Å². The lowest BCUT2D eigenvalue weighted by Crippen LogP contribution is -2.56. The Balaban J connectivity index is 2.01. The standard InChI is InChI=1S/C13H19FN2/c1-16(13(10-15)7-2-8-13)9-11-3-5-12(14)6-4-11/h3-6H,2,7-10,15H2,1H3. The maximum absolute atomic E-state index is 12.8. The van der Waals surface area contributed by atoms with E-state index in [4.69, 9.17) is 5.73 Å². The van der Waals surface area contributed by atoms with Crippen molar-refractivity contribution in [3.05, 3.63) is 35.6 Å². The van der Waals surface area contributed by atoms with Crippen LogP contribution in [-0.4, -0.2) is 24.0 Å². The summed E-state index contributed by atoms with van der Waals surface area (Å²) in [7, 11) is 2.11. The monoisotopic (exact) mass is 222 g/mol. The summed E-state index contributed by atoms with van der Waals surface area (Å²) in [5, 5.41) is 0. The number of hydrogen-bond donors (Lipinski definition) is 1. The predicted octanol–water partition coefficient (Wildman–Crippen LogP) is 2.14. The van der Waals surface area contributed by atoms with Gasteiger partial charge in [0, 0.05) is 18.6 Å². The fourth-order valence-corrected chi connectivity index (χ4v) is 2.36. The molecule has 0 unspecified atom stereocenters. The minimum atomic E-state index is -0.177. The minimum absolute atomic E-state index is 0.177. The van der Waals surface area contributed by atoms with Crippen molar-refractivity contribution in [1.82, 2.24) is 4.90 Å². The average molecular weight is 222 g/mol. The Hall–Kier alpha value is -0.930. The van der Waals surface area contributed by atoms with Crippen LogP contribution in [0.15, 0.2) is 24.3 Å². The van der Waals surface area contributed by atoms with Gasteiger partial charge in [0.05, 0.1) is 0 Å². The van der Waals surface area contributed by atoms with E-state index in [0.29, 0.717) is 6.54 Å². The third kappa shape index (κ3) is 2.11. The van der Waals surface area contributed by atoms with Gasteiger partial charge in [-0.2, -0.15) is 0 Å². The summed E-state index contributed by atoms with van der Waals surface area (Å²) >= 11 is 0. The summed E-state index contributed by atoms with van der Waals surface area (Å²) in [6.45, 7) is 1.56. The highest BCUT2D eigenvalue weighted by atomic mass is 19.1. The highest BCUT2D eigenvalue weighted by Gasteiger charge is 2.39. The first-order valence-electron chi connectivity index (χ1n) is 5.82. The molecule has 2 N–H and O–H groups in total. The van der Waals surface area contributed by atoms with Crippen molar-refractivity contribution in [2.24, 2.45) is 5.73 Å². The van der Waals surface area contributed by atoms with Crippen LogP contribution in [0.4, 0.5) is 4.39 Å². The lowest BCUT2D eigenvalue weighted by atomic mass is 9.75. The fraction of sp³-hybridized carbons (Fsp3) is 0.538. The van der Waals surface area contributed by atoms with Gasteiger partial charge in [0.25, 0.3) is 0 Å². The van der Waals surface area contributed by atoms with Gasteiger partial charge in [0.15, 0.2) is 0 Å². The van der Waals surface area contributed by atoms with Crippen LogP contribution in [0.1, 0.15) is 24.8 Å². The molecular weight excluding hydrogens is 203 g/mol. The molecule has 0 radical (unpaired) electrons. The third-order valence-electron chi connectivity index (χ3n) is 3.81. The Morgan fingerprint density at radius 2 is 1.94 bits per heavy atom. The van der Waals surface area contributed by atoms with Gasteiger partial charge in [-0.05, 0) is 44.0 Å². The van der Waals surface area contributed by atoms with Crippen molar-refractivity contribution in [2.75, 3.05) is 13.6 Å². The molecule has 88 valence electrons. The first-order chi connectivity index (χ1) is 7.66. The van der Waals surface area contributed by atoms with Crippen LogP contribution in [0.25, 0.3) is 0 Å². The molecule has 1 aromatic rings. The van der Waals surface area contributed by atoms with Crippen molar-refractivity contribution in [3.63, 3.8) is 0 Å². The maximum Gasteiger partial charge on any atom is 0.123 e. The molecule has 3 heteroatoms. The zero-order valence-electron chi connectivity index (χ0n) is 9.75. The molecule has 1 aromatic carbocycles. The second-order valence-electron chi connectivity index (χ2n) is 4.76. The lowest BCUT2D eigenvalue weighted by molar-refractivity contribution is 0.0398. The van der Waals surface area contributed by atoms with E-state index in [1.54, 1.807) is 0 Å². The molecule has 1 saturated carbocycles. The van der Waals surface area contributed by atoms with Gasteiger partial charge >= 0.3 is 0 Å². The summed E-state index contributed by atoms with van der Waals surface area (Å²) in [6.07, 6.45) is 3.63. The maximum atomic E-state index is 12.8. The van der Waals surface area contributed by atoms with Gasteiger partial charge in [0.2, 0.25) is 0 Å². The molecule has 1 aliphatic carbocycles. The van der Waals surface area contributed by atoms with Crippen molar-refractivity contribution >= 4 is 0 Å². The summed E-state index contributed by atoms with van der Waals surface area (Å²) in [5.41, 5.74) is 7.18. The molecule has 1 aliphatic rings. The van der Waals surface area contributed by atoms with Crippen molar-refractivity contribution in [1.29, 1.82) is 0 Å². The summed E-state index contributed by atoms with van der Waals surface area (Å²) in [6, 6.07) is 6.71. The number of nitrogens with zero attached hydrogens (tertiary/aromatic N) is 1. The molecule has 0 atom stereocenters. The van der Waals surface area contributed by atoms with Gasteiger partial charge in [-0.1, -0.05) is 12.1 Å². The molecule has 0 bridgehead atoms. The van der Waals surface area contributed by atoms with E-state index in [-0.39, 0.29) is 11.4 Å². The van der Waals surface area contributed by atoms with Crippen LogP contribution in [0.5, 0.6) is 0 Å². The third-order valence-corrected chi connectivity index (χ3v) is 3.81. The summed E-state index contributed by atoms with van der Waals surface area (Å²) in [5.74, 6) is -0.177. The SMILES string of the molecule is CN(Cc1ccc(F)cc1)C1(CN)CCC1. The zero-order valence-corrected chi connectivity index (χ0v) is 9.75. The molecule has 0 heterocycles. The van der Waals surface area contributed by atoms with Crippen molar-refractivity contribution in [3.8, 4) is 0 Å². The molecule has 0 saturated heterocycles. The second kappa shape index (κ2) is 4.52. The Labute approximate surface area is 96.2 Å². The zero-order chi connectivity index (χ0) is 11.6. The number of likely N-dealkylation sites (N-methyl/N-ethyl adjacent to an activating group) is 1. The molecular formula is C13H19FN2. The van der Waals surface area contributed by atoms with Crippen LogP contribution < -0.4 is 5.73 Å². The minimum Gasteiger partial charge on any atom is -0.329 e. The summed E-state index contributed by atoms with van der Waals surface area (Å²) < 4.78 is 12.8. The molecule has 2 nitrogen and oxygen atoms in total. The quantitative estimate of drug-likeness (QED) is 0.845. The Morgan fingerprint density at radius 1 is 1.31 bits per heavy atom. The van der Waals surface area contributed by atoms with Crippen molar-refractivity contribution in [2.45, 2.75) is 31.3 Å². The number of rotatable bonds is 4. The van der Waals surface area contributed by atoms with Gasteiger partial charge in [-0.3, -0.25) is 4.90 Å². The van der Waals surface area contributed by atoms with Gasteiger partial charge in [-0.25, -0.2) is 4.39 Å². The smallest absolute Gasteiger partial charge is 0.123 e. The number of benzene rings is 1. The first kappa shape index (κ1) is 11.6. The molecule has 0 aliphatic heterocycles. The highest BCUT2D eigenvalue weighted by Crippen LogP contribution is 2.36. The van der Waals surface area contributed by atoms with Crippen LogP contribution >= 0.6 is 0 Å². The van der Waals surface area contributed by atoms with E-state index in [1.807, 2.05) is 12.1 Å². The van der Waals surface area contributed by atoms with E-state index in [2.05, 4.69) is 11.9 Å². The molecule has 2 rings (SSSR count). The molecule has 1 fully saturated rings.